The average Bonchev–Trinajstić information content (AvgIpc) is 2.51. The molecule has 1 saturated heterocycles. The SMILES string of the molecule is NCC1CCCCCN1C(=O)COCC(F)(F)F. The summed E-state index contributed by atoms with van der Waals surface area (Å²) in [7, 11) is 0. The van der Waals surface area contributed by atoms with E-state index in [0.29, 0.717) is 13.1 Å². The van der Waals surface area contributed by atoms with E-state index in [-0.39, 0.29) is 6.04 Å². The molecule has 0 aromatic heterocycles. The Kier molecular flexibility index (Phi) is 5.87. The first-order chi connectivity index (χ1) is 8.44. The molecule has 0 bridgehead atoms. The number of likely N-dealkylation sites (tertiary alicyclic amines) is 1. The van der Waals surface area contributed by atoms with Crippen LogP contribution in [0, 0.1) is 0 Å². The van der Waals surface area contributed by atoms with Crippen LogP contribution in [0.4, 0.5) is 13.2 Å². The Balaban J connectivity index is 2.42. The number of ether oxygens (including phenoxy) is 1. The third-order valence-corrected chi connectivity index (χ3v) is 2.96. The number of hydrogen-bond donors (Lipinski definition) is 1. The molecule has 1 atom stereocenters. The molecular weight excluding hydrogens is 249 g/mol. The minimum absolute atomic E-state index is 0.0745. The van der Waals surface area contributed by atoms with Gasteiger partial charge < -0.3 is 15.4 Å². The molecule has 1 amide bonds. The van der Waals surface area contributed by atoms with E-state index in [1.807, 2.05) is 0 Å². The monoisotopic (exact) mass is 268 g/mol. The molecule has 1 unspecified atom stereocenters. The van der Waals surface area contributed by atoms with E-state index in [9.17, 15) is 18.0 Å². The summed E-state index contributed by atoms with van der Waals surface area (Å²) < 4.78 is 40.0. The molecule has 0 aromatic rings. The summed E-state index contributed by atoms with van der Waals surface area (Å²) in [6, 6.07) is -0.0745. The van der Waals surface area contributed by atoms with Crippen molar-refractivity contribution in [3.63, 3.8) is 0 Å². The van der Waals surface area contributed by atoms with Crippen LogP contribution in [-0.4, -0.2) is 49.3 Å². The van der Waals surface area contributed by atoms with Crippen LogP contribution in [0.15, 0.2) is 0 Å². The van der Waals surface area contributed by atoms with Crippen molar-refractivity contribution in [2.24, 2.45) is 5.73 Å². The molecule has 0 saturated carbocycles. The van der Waals surface area contributed by atoms with Gasteiger partial charge in [-0.1, -0.05) is 12.8 Å². The summed E-state index contributed by atoms with van der Waals surface area (Å²) in [4.78, 5) is 13.3. The molecule has 0 radical (unpaired) electrons. The third-order valence-electron chi connectivity index (χ3n) is 2.96. The molecule has 1 aliphatic rings. The zero-order chi connectivity index (χ0) is 13.6. The summed E-state index contributed by atoms with van der Waals surface area (Å²) in [5.74, 6) is -0.406. The standard InChI is InChI=1S/C11H19F3N2O2/c12-11(13,14)8-18-7-10(17)16-5-3-1-2-4-9(16)6-15/h9H,1-8,15H2. The maximum Gasteiger partial charge on any atom is 0.411 e. The Morgan fingerprint density at radius 1 is 1.33 bits per heavy atom. The van der Waals surface area contributed by atoms with Crippen LogP contribution in [0.25, 0.3) is 0 Å². The van der Waals surface area contributed by atoms with Crippen molar-refractivity contribution in [3.8, 4) is 0 Å². The highest BCUT2D eigenvalue weighted by molar-refractivity contribution is 5.77. The third kappa shape index (κ3) is 5.22. The van der Waals surface area contributed by atoms with Crippen molar-refractivity contribution < 1.29 is 22.7 Å². The summed E-state index contributed by atoms with van der Waals surface area (Å²) >= 11 is 0. The van der Waals surface area contributed by atoms with Crippen molar-refractivity contribution in [2.75, 3.05) is 26.3 Å². The van der Waals surface area contributed by atoms with Crippen LogP contribution < -0.4 is 5.73 Å². The highest BCUT2D eigenvalue weighted by atomic mass is 19.4. The van der Waals surface area contributed by atoms with Crippen molar-refractivity contribution >= 4 is 5.91 Å². The highest BCUT2D eigenvalue weighted by Gasteiger charge is 2.29. The Labute approximate surface area is 104 Å². The van der Waals surface area contributed by atoms with Gasteiger partial charge in [-0.05, 0) is 12.8 Å². The van der Waals surface area contributed by atoms with Gasteiger partial charge in [-0.25, -0.2) is 0 Å². The molecular formula is C11H19F3N2O2. The smallest absolute Gasteiger partial charge is 0.362 e. The van der Waals surface area contributed by atoms with Crippen LogP contribution in [-0.2, 0) is 9.53 Å². The zero-order valence-electron chi connectivity index (χ0n) is 10.2. The molecule has 106 valence electrons. The first-order valence-corrected chi connectivity index (χ1v) is 6.08. The van der Waals surface area contributed by atoms with Crippen molar-refractivity contribution in [1.29, 1.82) is 0 Å². The Morgan fingerprint density at radius 3 is 2.67 bits per heavy atom. The Morgan fingerprint density at radius 2 is 2.06 bits per heavy atom. The second kappa shape index (κ2) is 6.94. The van der Waals surface area contributed by atoms with Gasteiger partial charge in [0.15, 0.2) is 0 Å². The zero-order valence-corrected chi connectivity index (χ0v) is 10.2. The van der Waals surface area contributed by atoms with Crippen molar-refractivity contribution in [3.05, 3.63) is 0 Å². The summed E-state index contributed by atoms with van der Waals surface area (Å²) in [5, 5.41) is 0. The maximum atomic E-state index is 11.9. The Bertz CT molecular complexity index is 272. The van der Waals surface area contributed by atoms with Gasteiger partial charge in [0.25, 0.3) is 0 Å². The van der Waals surface area contributed by atoms with Gasteiger partial charge in [0.2, 0.25) is 5.91 Å². The second-order valence-corrected chi connectivity index (χ2v) is 4.43. The largest absolute Gasteiger partial charge is 0.411 e. The number of alkyl halides is 3. The van der Waals surface area contributed by atoms with E-state index >= 15 is 0 Å². The quantitative estimate of drug-likeness (QED) is 0.836. The lowest BCUT2D eigenvalue weighted by Gasteiger charge is -2.29. The fraction of sp³-hybridized carbons (Fsp3) is 0.909. The number of carbonyl (C=O) groups excluding carboxylic acids is 1. The molecule has 7 heteroatoms. The first kappa shape index (κ1) is 15.2. The minimum atomic E-state index is -4.40. The number of amides is 1. The van der Waals surface area contributed by atoms with E-state index in [4.69, 9.17) is 5.73 Å². The normalized spacial score (nSPS) is 21.8. The predicted octanol–water partition coefficient (Wildman–Crippen LogP) is 1.30. The molecule has 18 heavy (non-hydrogen) atoms. The molecule has 0 aromatic carbocycles. The van der Waals surface area contributed by atoms with E-state index in [0.717, 1.165) is 25.7 Å². The van der Waals surface area contributed by atoms with Gasteiger partial charge in [-0.15, -0.1) is 0 Å². The molecule has 2 N–H and O–H groups in total. The van der Waals surface area contributed by atoms with Gasteiger partial charge in [-0.2, -0.15) is 13.2 Å². The lowest BCUT2D eigenvalue weighted by molar-refractivity contribution is -0.178. The molecule has 0 aliphatic carbocycles. The lowest BCUT2D eigenvalue weighted by Crippen LogP contribution is -2.45. The van der Waals surface area contributed by atoms with E-state index < -0.39 is 25.3 Å². The summed E-state index contributed by atoms with van der Waals surface area (Å²) in [6.45, 7) is -1.03. The maximum absolute atomic E-state index is 11.9. The van der Waals surface area contributed by atoms with E-state index in [2.05, 4.69) is 4.74 Å². The number of nitrogens with zero attached hydrogens (tertiary/aromatic N) is 1. The fourth-order valence-electron chi connectivity index (χ4n) is 2.09. The average molecular weight is 268 g/mol. The van der Waals surface area contributed by atoms with Crippen LogP contribution in [0.2, 0.25) is 0 Å². The summed E-state index contributed by atoms with van der Waals surface area (Å²) in [5.41, 5.74) is 5.58. The molecule has 1 heterocycles. The Hall–Kier alpha value is -0.820. The number of nitrogens with two attached hydrogens (primary N) is 1. The van der Waals surface area contributed by atoms with Gasteiger partial charge in [0.1, 0.15) is 13.2 Å². The topological polar surface area (TPSA) is 55.6 Å². The molecule has 1 fully saturated rings. The molecule has 4 nitrogen and oxygen atoms in total. The fourth-order valence-corrected chi connectivity index (χ4v) is 2.09. The van der Waals surface area contributed by atoms with Crippen LogP contribution >= 0.6 is 0 Å². The van der Waals surface area contributed by atoms with Crippen LogP contribution in [0.1, 0.15) is 25.7 Å². The first-order valence-electron chi connectivity index (χ1n) is 6.08. The number of halogens is 3. The lowest BCUT2D eigenvalue weighted by atomic mass is 10.1. The number of rotatable bonds is 4. The van der Waals surface area contributed by atoms with Crippen LogP contribution in [0.5, 0.6) is 0 Å². The highest BCUT2D eigenvalue weighted by Crippen LogP contribution is 2.17. The van der Waals surface area contributed by atoms with Crippen molar-refractivity contribution in [1.82, 2.24) is 4.90 Å². The minimum Gasteiger partial charge on any atom is -0.362 e. The van der Waals surface area contributed by atoms with Gasteiger partial charge in [-0.3, -0.25) is 4.79 Å². The van der Waals surface area contributed by atoms with Gasteiger partial charge in [0.05, 0.1) is 0 Å². The second-order valence-electron chi connectivity index (χ2n) is 4.43. The van der Waals surface area contributed by atoms with E-state index in [1.54, 1.807) is 4.90 Å². The number of hydrogen-bond acceptors (Lipinski definition) is 3. The predicted molar refractivity (Wildman–Crippen MR) is 59.9 cm³/mol. The summed E-state index contributed by atoms with van der Waals surface area (Å²) in [6.07, 6.45) is -0.714. The van der Waals surface area contributed by atoms with E-state index in [1.165, 1.54) is 0 Å². The number of carbonyl (C=O) groups is 1. The van der Waals surface area contributed by atoms with Gasteiger partial charge >= 0.3 is 6.18 Å². The van der Waals surface area contributed by atoms with Crippen LogP contribution in [0.3, 0.4) is 0 Å². The molecule has 1 rings (SSSR count). The van der Waals surface area contributed by atoms with Gasteiger partial charge in [0, 0.05) is 19.1 Å². The molecule has 1 aliphatic heterocycles. The molecule has 0 spiro atoms. The van der Waals surface area contributed by atoms with Crippen molar-refractivity contribution in [2.45, 2.75) is 37.9 Å².